The van der Waals surface area contributed by atoms with Crippen LogP contribution < -0.4 is 19.5 Å². The first-order chi connectivity index (χ1) is 14.1. The number of nitrogens with one attached hydrogen (secondary N) is 1. The lowest BCUT2D eigenvalue weighted by molar-refractivity contribution is -0.124. The van der Waals surface area contributed by atoms with Gasteiger partial charge in [-0.15, -0.1) is 0 Å². The van der Waals surface area contributed by atoms with Gasteiger partial charge in [-0.25, -0.2) is 0 Å². The molecule has 1 amide bonds. The lowest BCUT2D eigenvalue weighted by Crippen LogP contribution is -2.21. The minimum atomic E-state index is -0.411. The van der Waals surface area contributed by atoms with Crippen LogP contribution in [0.5, 0.6) is 17.2 Å². The summed E-state index contributed by atoms with van der Waals surface area (Å²) in [5.74, 6) is -1.10. The molecule has 1 N–H and O–H groups in total. The van der Waals surface area contributed by atoms with Gasteiger partial charge in [-0.3, -0.25) is 19.2 Å². The number of ketones is 3. The molecule has 0 radical (unpaired) electrons. The van der Waals surface area contributed by atoms with Crippen LogP contribution in [0.25, 0.3) is 0 Å². The Morgan fingerprint density at radius 3 is 1.67 bits per heavy atom. The van der Waals surface area contributed by atoms with Crippen molar-refractivity contribution >= 4 is 23.3 Å². The second-order valence-corrected chi connectivity index (χ2v) is 7.38. The Labute approximate surface area is 177 Å². The maximum absolute atomic E-state index is 12.2. The van der Waals surface area contributed by atoms with E-state index < -0.39 is 5.91 Å². The highest BCUT2D eigenvalue weighted by molar-refractivity contribution is 5.95. The molecule has 8 nitrogen and oxygen atoms in total. The molecular formula is C22H31NO7. The largest absolute Gasteiger partial charge is 0.482 e. The standard InChI is InChI=1S/C22H31NO7/c1-7-16(24)10-30-21-19(28-11-17(25)13(2)3)8-15(22(27)23-6)9-20(21)29-12-18(26)14(4)5/h8-9,13-14H,7,10-12H2,1-6H3,(H,23,27). The van der Waals surface area contributed by atoms with E-state index in [9.17, 15) is 19.2 Å². The Balaban J connectivity index is 3.36. The molecule has 1 rings (SSSR count). The van der Waals surface area contributed by atoms with Gasteiger partial charge in [0.1, 0.15) is 19.8 Å². The van der Waals surface area contributed by atoms with E-state index >= 15 is 0 Å². The maximum atomic E-state index is 12.2. The predicted molar refractivity (Wildman–Crippen MR) is 111 cm³/mol. The molecule has 0 aliphatic rings. The number of amides is 1. The normalized spacial score (nSPS) is 10.7. The monoisotopic (exact) mass is 421 g/mol. The highest BCUT2D eigenvalue weighted by atomic mass is 16.5. The van der Waals surface area contributed by atoms with Crippen LogP contribution in [0.4, 0.5) is 0 Å². The van der Waals surface area contributed by atoms with E-state index in [-0.39, 0.29) is 78.2 Å². The van der Waals surface area contributed by atoms with Gasteiger partial charge in [-0.1, -0.05) is 34.6 Å². The quantitative estimate of drug-likeness (QED) is 0.521. The molecular weight excluding hydrogens is 390 g/mol. The van der Waals surface area contributed by atoms with Crippen molar-refractivity contribution in [1.82, 2.24) is 5.32 Å². The van der Waals surface area contributed by atoms with Gasteiger partial charge in [0.25, 0.3) is 5.91 Å². The number of hydrogen-bond donors (Lipinski definition) is 1. The van der Waals surface area contributed by atoms with E-state index in [1.54, 1.807) is 34.6 Å². The number of ether oxygens (including phenoxy) is 3. The molecule has 0 aliphatic heterocycles. The minimum Gasteiger partial charge on any atom is -0.482 e. The molecule has 0 aromatic heterocycles. The van der Waals surface area contributed by atoms with Gasteiger partial charge in [0.15, 0.2) is 28.8 Å². The molecule has 30 heavy (non-hydrogen) atoms. The summed E-state index contributed by atoms with van der Waals surface area (Å²) in [5, 5.41) is 2.50. The summed E-state index contributed by atoms with van der Waals surface area (Å²) in [6.45, 7) is 7.98. The number of rotatable bonds is 13. The Bertz CT molecular complexity index is 739. The van der Waals surface area contributed by atoms with E-state index in [1.165, 1.54) is 19.2 Å². The van der Waals surface area contributed by atoms with Gasteiger partial charge in [0.2, 0.25) is 5.75 Å². The van der Waals surface area contributed by atoms with Crippen LogP contribution in [0.2, 0.25) is 0 Å². The maximum Gasteiger partial charge on any atom is 0.251 e. The zero-order valence-corrected chi connectivity index (χ0v) is 18.5. The first-order valence-electron chi connectivity index (χ1n) is 9.96. The molecule has 1 aromatic carbocycles. The van der Waals surface area contributed by atoms with Crippen LogP contribution in [0.15, 0.2) is 12.1 Å². The summed E-state index contributed by atoms with van der Waals surface area (Å²) < 4.78 is 16.9. The molecule has 0 saturated carbocycles. The van der Waals surface area contributed by atoms with Gasteiger partial charge in [-0.2, -0.15) is 0 Å². The topological polar surface area (TPSA) is 108 Å². The average molecular weight is 421 g/mol. The zero-order chi connectivity index (χ0) is 22.8. The van der Waals surface area contributed by atoms with Crippen molar-refractivity contribution in [2.24, 2.45) is 11.8 Å². The first kappa shape index (κ1) is 25.1. The summed E-state index contributed by atoms with van der Waals surface area (Å²) in [6.07, 6.45) is 0.278. The van der Waals surface area contributed by atoms with E-state index in [1.807, 2.05) is 0 Å². The molecule has 166 valence electrons. The van der Waals surface area contributed by atoms with Gasteiger partial charge >= 0.3 is 0 Å². The predicted octanol–water partition coefficient (Wildman–Crippen LogP) is 2.61. The smallest absolute Gasteiger partial charge is 0.251 e. The van der Waals surface area contributed by atoms with Gasteiger partial charge in [0.05, 0.1) is 0 Å². The summed E-state index contributed by atoms with van der Waals surface area (Å²) in [5.41, 5.74) is 0.200. The summed E-state index contributed by atoms with van der Waals surface area (Å²) >= 11 is 0. The van der Waals surface area contributed by atoms with Crippen molar-refractivity contribution in [2.45, 2.75) is 41.0 Å². The van der Waals surface area contributed by atoms with Crippen molar-refractivity contribution < 1.29 is 33.4 Å². The molecule has 0 spiro atoms. The third-order valence-electron chi connectivity index (χ3n) is 4.31. The molecule has 0 unspecified atom stereocenters. The highest BCUT2D eigenvalue weighted by Crippen LogP contribution is 2.39. The molecule has 1 aromatic rings. The Hall–Kier alpha value is -2.90. The Morgan fingerprint density at radius 2 is 1.30 bits per heavy atom. The van der Waals surface area contributed by atoms with E-state index in [2.05, 4.69) is 5.32 Å². The van der Waals surface area contributed by atoms with Crippen molar-refractivity contribution in [1.29, 1.82) is 0 Å². The lowest BCUT2D eigenvalue weighted by Gasteiger charge is -2.18. The number of hydrogen-bond acceptors (Lipinski definition) is 7. The molecule has 8 heteroatoms. The lowest BCUT2D eigenvalue weighted by atomic mass is 10.1. The molecule has 0 bridgehead atoms. The van der Waals surface area contributed by atoms with Crippen molar-refractivity contribution in [3.8, 4) is 17.2 Å². The third-order valence-corrected chi connectivity index (χ3v) is 4.31. The van der Waals surface area contributed by atoms with Crippen LogP contribution in [0.3, 0.4) is 0 Å². The molecule has 0 fully saturated rings. The summed E-state index contributed by atoms with van der Waals surface area (Å²) in [6, 6.07) is 2.82. The molecule has 0 saturated heterocycles. The van der Waals surface area contributed by atoms with Crippen LogP contribution in [0, 0.1) is 11.8 Å². The fourth-order valence-electron chi connectivity index (χ4n) is 2.09. The fourth-order valence-corrected chi connectivity index (χ4v) is 2.09. The number of carbonyl (C=O) groups is 4. The first-order valence-corrected chi connectivity index (χ1v) is 9.96. The number of Topliss-reactive ketones (excluding diaryl/α,β-unsaturated/α-hetero) is 3. The van der Waals surface area contributed by atoms with E-state index in [4.69, 9.17) is 14.2 Å². The van der Waals surface area contributed by atoms with E-state index in [0.29, 0.717) is 0 Å². The second-order valence-electron chi connectivity index (χ2n) is 7.38. The van der Waals surface area contributed by atoms with Crippen LogP contribution in [0.1, 0.15) is 51.4 Å². The summed E-state index contributed by atoms with van der Waals surface area (Å²) in [4.78, 5) is 48.0. The van der Waals surface area contributed by atoms with Gasteiger partial charge in [-0.05, 0) is 12.1 Å². The SMILES string of the molecule is CCC(=O)COc1c(OCC(=O)C(C)C)cc(C(=O)NC)cc1OCC(=O)C(C)C. The van der Waals surface area contributed by atoms with Gasteiger partial charge in [0, 0.05) is 30.9 Å². The zero-order valence-electron chi connectivity index (χ0n) is 18.5. The second kappa shape index (κ2) is 11.9. The molecule has 0 heterocycles. The molecule has 0 atom stereocenters. The summed E-state index contributed by atoms with van der Waals surface area (Å²) in [7, 11) is 1.47. The average Bonchev–Trinajstić information content (AvgIpc) is 2.72. The minimum absolute atomic E-state index is 0.0672. The van der Waals surface area contributed by atoms with E-state index in [0.717, 1.165) is 0 Å². The van der Waals surface area contributed by atoms with Crippen LogP contribution >= 0.6 is 0 Å². The fraction of sp³-hybridized carbons (Fsp3) is 0.545. The van der Waals surface area contributed by atoms with Crippen LogP contribution in [-0.2, 0) is 14.4 Å². The van der Waals surface area contributed by atoms with Crippen LogP contribution in [-0.4, -0.2) is 50.1 Å². The van der Waals surface area contributed by atoms with Crippen molar-refractivity contribution in [3.05, 3.63) is 17.7 Å². The Morgan fingerprint density at radius 1 is 0.833 bits per heavy atom. The molecule has 0 aliphatic carbocycles. The number of benzene rings is 1. The third kappa shape index (κ3) is 7.50. The van der Waals surface area contributed by atoms with Crippen molar-refractivity contribution in [2.75, 3.05) is 26.9 Å². The van der Waals surface area contributed by atoms with Crippen molar-refractivity contribution in [3.63, 3.8) is 0 Å². The van der Waals surface area contributed by atoms with Gasteiger partial charge < -0.3 is 19.5 Å². The Kier molecular flexibility index (Phi) is 10.0. The number of carbonyl (C=O) groups excluding carboxylic acids is 4. The highest BCUT2D eigenvalue weighted by Gasteiger charge is 2.21.